The van der Waals surface area contributed by atoms with E-state index in [4.69, 9.17) is 13.0 Å². The first kappa shape index (κ1) is 15.6. The van der Waals surface area contributed by atoms with Crippen LogP contribution in [0.4, 0.5) is 5.69 Å². The van der Waals surface area contributed by atoms with Crippen LogP contribution >= 0.6 is 0 Å². The predicted molar refractivity (Wildman–Crippen MR) is 122 cm³/mol. The highest BCUT2D eigenvalue weighted by molar-refractivity contribution is 6.06. The number of carbonyl (C=O) groups is 3. The maximum Gasteiger partial charge on any atom is 0.255 e. The number of nitrogens with one attached hydrogen (secondary N) is 2. The molecule has 2 aromatic rings. The second-order valence-electron chi connectivity index (χ2n) is 8.06. The summed E-state index contributed by atoms with van der Waals surface area (Å²) in [4.78, 5) is 40.8. The van der Waals surface area contributed by atoms with E-state index in [1.54, 1.807) is 17.4 Å². The van der Waals surface area contributed by atoms with E-state index >= 15 is 0 Å². The zero-order valence-corrected chi connectivity index (χ0v) is 17.9. The number of hydrogen-bond acceptors (Lipinski definition) is 6. The average Bonchev–Trinajstić information content (AvgIpc) is 3.09. The van der Waals surface area contributed by atoms with Crippen molar-refractivity contribution in [2.45, 2.75) is 38.4 Å². The van der Waals surface area contributed by atoms with E-state index in [9.17, 15) is 14.4 Å². The van der Waals surface area contributed by atoms with Crippen LogP contribution in [0.1, 0.15) is 48.0 Å². The molecule has 0 spiro atoms. The van der Waals surface area contributed by atoms with Crippen molar-refractivity contribution in [1.82, 2.24) is 15.1 Å². The lowest BCUT2D eigenvalue weighted by molar-refractivity contribution is -0.136. The van der Waals surface area contributed by atoms with Crippen molar-refractivity contribution in [3.8, 4) is 0 Å². The van der Waals surface area contributed by atoms with Gasteiger partial charge >= 0.3 is 0 Å². The molecule has 3 aliphatic heterocycles. The normalized spacial score (nSPS) is 28.4. The van der Waals surface area contributed by atoms with E-state index in [1.165, 1.54) is 6.07 Å². The summed E-state index contributed by atoms with van der Waals surface area (Å²) in [6.07, 6.45) is -6.36. The molecular weight excluding hydrogens is 420 g/mol. The Morgan fingerprint density at radius 1 is 1.06 bits per heavy atom. The number of amides is 3. The molecule has 2 saturated heterocycles. The summed E-state index contributed by atoms with van der Waals surface area (Å²) in [5.74, 6) is -3.73. The molecule has 0 radical (unpaired) electrons. The van der Waals surface area contributed by atoms with Crippen molar-refractivity contribution in [3.63, 3.8) is 0 Å². The SMILES string of the molecule is [2H]C1([2H])c2c(NCc3ccc(CN4CCOCC4)cc3)cccc2C(=O)N1C1C(=O)NC(=O)C([2H])([2H])C1([2H])[2H]. The van der Waals surface area contributed by atoms with Gasteiger partial charge < -0.3 is 15.0 Å². The minimum absolute atomic E-state index is 0.0769. The van der Waals surface area contributed by atoms with Gasteiger partial charge in [-0.05, 0) is 29.6 Å². The van der Waals surface area contributed by atoms with Crippen LogP contribution in [0.15, 0.2) is 42.5 Å². The minimum Gasteiger partial charge on any atom is -0.381 e. The second kappa shape index (κ2) is 9.33. The number of benzene rings is 2. The van der Waals surface area contributed by atoms with Crippen molar-refractivity contribution >= 4 is 23.4 Å². The van der Waals surface area contributed by atoms with E-state index in [1.807, 2.05) is 24.3 Å². The highest BCUT2D eigenvalue weighted by Crippen LogP contribution is 2.32. The van der Waals surface area contributed by atoms with Crippen LogP contribution in [0.5, 0.6) is 0 Å². The molecule has 3 amide bonds. The summed E-state index contributed by atoms with van der Waals surface area (Å²) in [5, 5.41) is 4.90. The quantitative estimate of drug-likeness (QED) is 0.648. The summed E-state index contributed by atoms with van der Waals surface area (Å²) < 4.78 is 55.3. The molecule has 5 rings (SSSR count). The second-order valence-corrected chi connectivity index (χ2v) is 8.06. The van der Waals surface area contributed by atoms with Crippen LogP contribution in [0.3, 0.4) is 0 Å². The third-order valence-corrected chi connectivity index (χ3v) is 5.83. The number of imide groups is 1. The largest absolute Gasteiger partial charge is 0.381 e. The Balaban J connectivity index is 1.37. The van der Waals surface area contributed by atoms with Crippen molar-refractivity contribution < 1.29 is 27.3 Å². The van der Waals surface area contributed by atoms with Crippen LogP contribution in [0.25, 0.3) is 0 Å². The highest BCUT2D eigenvalue weighted by atomic mass is 16.5. The summed E-state index contributed by atoms with van der Waals surface area (Å²) in [6.45, 7) is 1.64. The van der Waals surface area contributed by atoms with Crippen LogP contribution in [0, 0.1) is 0 Å². The van der Waals surface area contributed by atoms with Crippen molar-refractivity contribution in [2.24, 2.45) is 0 Å². The Labute approximate surface area is 201 Å². The van der Waals surface area contributed by atoms with Gasteiger partial charge in [-0.3, -0.25) is 24.6 Å². The number of hydrogen-bond donors (Lipinski definition) is 2. The first-order valence-electron chi connectivity index (χ1n) is 13.8. The molecular formula is C25H28N4O4. The third kappa shape index (κ3) is 4.62. The number of rotatable bonds is 6. The van der Waals surface area contributed by atoms with Crippen molar-refractivity contribution in [1.29, 1.82) is 0 Å². The molecule has 8 nitrogen and oxygen atoms in total. The van der Waals surface area contributed by atoms with Gasteiger partial charge in [0.15, 0.2) is 0 Å². The highest BCUT2D eigenvalue weighted by Gasteiger charge is 2.39. The number of ether oxygens (including phenoxy) is 1. The van der Waals surface area contributed by atoms with Gasteiger partial charge in [0, 0.05) is 61.3 Å². The lowest BCUT2D eigenvalue weighted by Crippen LogP contribution is -2.52. The standard InChI is InChI=1S/C25H28N4O4/c30-23-9-8-22(24(31)27-23)29-16-20-19(25(29)32)2-1-3-21(20)26-14-17-4-6-18(7-5-17)15-28-10-12-33-13-11-28/h1-7,22,26H,8-16H2,(H,27,30,31)/i8D2,9D2,16D2. The Kier molecular flexibility index (Phi) is 4.40. The molecule has 0 saturated carbocycles. The molecule has 172 valence electrons. The van der Waals surface area contributed by atoms with Crippen molar-refractivity contribution in [2.75, 3.05) is 31.6 Å². The number of anilines is 1. The summed E-state index contributed by atoms with van der Waals surface area (Å²) in [7, 11) is 0. The fraction of sp³-hybridized carbons (Fsp3) is 0.400. The summed E-state index contributed by atoms with van der Waals surface area (Å²) in [6, 6.07) is 10.2. The van der Waals surface area contributed by atoms with E-state index in [0.717, 1.165) is 44.0 Å². The topological polar surface area (TPSA) is 91.0 Å². The zero-order chi connectivity index (χ0) is 28.2. The molecule has 8 heteroatoms. The van der Waals surface area contributed by atoms with Gasteiger partial charge in [0.1, 0.15) is 6.04 Å². The van der Waals surface area contributed by atoms with Gasteiger partial charge in [0.2, 0.25) is 11.8 Å². The van der Waals surface area contributed by atoms with Crippen molar-refractivity contribution in [3.05, 3.63) is 64.7 Å². The molecule has 2 N–H and O–H groups in total. The molecule has 3 heterocycles. The van der Waals surface area contributed by atoms with E-state index in [0.29, 0.717) is 11.4 Å². The van der Waals surface area contributed by atoms with Crippen LogP contribution in [-0.2, 0) is 33.9 Å². The minimum atomic E-state index is -3.19. The predicted octanol–water partition coefficient (Wildman–Crippen LogP) is 1.89. The molecule has 33 heavy (non-hydrogen) atoms. The number of piperidine rings is 1. The summed E-state index contributed by atoms with van der Waals surface area (Å²) in [5.41, 5.74) is 2.18. The number of nitrogens with zero attached hydrogens (tertiary/aromatic N) is 2. The monoisotopic (exact) mass is 454 g/mol. The van der Waals surface area contributed by atoms with Gasteiger partial charge in [-0.25, -0.2) is 0 Å². The summed E-state index contributed by atoms with van der Waals surface area (Å²) >= 11 is 0. The van der Waals surface area contributed by atoms with E-state index in [2.05, 4.69) is 10.2 Å². The molecule has 0 aliphatic carbocycles. The number of fused-ring (bicyclic) bond motifs is 1. The van der Waals surface area contributed by atoms with Gasteiger partial charge in [0.05, 0.1) is 16.0 Å². The maximum absolute atomic E-state index is 13.4. The Morgan fingerprint density at radius 3 is 2.61 bits per heavy atom. The lowest BCUT2D eigenvalue weighted by Gasteiger charge is -2.29. The molecule has 2 aromatic carbocycles. The molecule has 1 atom stereocenters. The molecule has 0 aromatic heterocycles. The molecule has 0 bridgehead atoms. The number of carbonyl (C=O) groups excluding carboxylic acids is 3. The lowest BCUT2D eigenvalue weighted by atomic mass is 10.0. The van der Waals surface area contributed by atoms with Crippen LogP contribution in [0.2, 0.25) is 0 Å². The van der Waals surface area contributed by atoms with Gasteiger partial charge in [-0.2, -0.15) is 0 Å². The van der Waals surface area contributed by atoms with Gasteiger partial charge in [-0.15, -0.1) is 0 Å². The maximum atomic E-state index is 13.4. The van der Waals surface area contributed by atoms with E-state index < -0.39 is 43.0 Å². The average molecular weight is 455 g/mol. The van der Waals surface area contributed by atoms with Crippen LogP contribution < -0.4 is 10.6 Å². The number of morpholine rings is 1. The third-order valence-electron chi connectivity index (χ3n) is 5.83. The molecule has 3 aliphatic rings. The zero-order valence-electron chi connectivity index (χ0n) is 23.9. The van der Waals surface area contributed by atoms with Crippen LogP contribution in [-0.4, -0.2) is 59.9 Å². The van der Waals surface area contributed by atoms with Gasteiger partial charge in [-0.1, -0.05) is 30.3 Å². The Bertz CT molecular complexity index is 1310. The molecule has 1 unspecified atom stereocenters. The Morgan fingerprint density at radius 2 is 1.82 bits per heavy atom. The Hall–Kier alpha value is -3.23. The fourth-order valence-corrected chi connectivity index (χ4v) is 4.05. The van der Waals surface area contributed by atoms with E-state index in [-0.39, 0.29) is 16.8 Å². The first-order valence-corrected chi connectivity index (χ1v) is 10.8. The van der Waals surface area contributed by atoms with Gasteiger partial charge in [0.25, 0.3) is 5.91 Å². The fourth-order valence-electron chi connectivity index (χ4n) is 4.05. The molecule has 2 fully saturated rings. The smallest absolute Gasteiger partial charge is 0.255 e. The first-order chi connectivity index (χ1) is 18.4.